The predicted octanol–water partition coefficient (Wildman–Crippen LogP) is 3.59. The van der Waals surface area contributed by atoms with Crippen molar-refractivity contribution in [3.8, 4) is 0 Å². The Bertz CT molecular complexity index is 197. The molecule has 0 aromatic heterocycles. The molecular weight excluding hydrogens is 212 g/mol. The number of allylic oxidation sites excluding steroid dienone is 3. The minimum atomic E-state index is -0.291. The molecule has 0 aliphatic heterocycles. The van der Waals surface area contributed by atoms with E-state index in [0.29, 0.717) is 6.61 Å². The first-order valence-corrected chi connectivity index (χ1v) is 6.93. The second kappa shape index (κ2) is 13.5. The van der Waals surface area contributed by atoms with Gasteiger partial charge in [0, 0.05) is 6.61 Å². The Morgan fingerprint density at radius 2 is 1.82 bits per heavy atom. The van der Waals surface area contributed by atoms with Crippen molar-refractivity contribution in [3.63, 3.8) is 0 Å². The van der Waals surface area contributed by atoms with E-state index in [1.54, 1.807) is 0 Å². The smallest absolute Gasteiger partial charge is 0.0723 e. The Kier molecular flexibility index (Phi) is 13.0. The van der Waals surface area contributed by atoms with E-state index < -0.39 is 0 Å². The Balaban J connectivity index is 3.40. The van der Waals surface area contributed by atoms with Crippen molar-refractivity contribution in [3.05, 3.63) is 24.3 Å². The second-order valence-corrected chi connectivity index (χ2v) is 4.45. The van der Waals surface area contributed by atoms with Gasteiger partial charge in [0.15, 0.2) is 0 Å². The molecule has 0 amide bonds. The molecule has 0 aliphatic carbocycles. The van der Waals surface area contributed by atoms with Crippen LogP contribution >= 0.6 is 0 Å². The van der Waals surface area contributed by atoms with Gasteiger partial charge in [-0.1, -0.05) is 56.9 Å². The van der Waals surface area contributed by atoms with Crippen LogP contribution < -0.4 is 0 Å². The van der Waals surface area contributed by atoms with E-state index in [9.17, 15) is 5.11 Å². The molecule has 2 heteroatoms. The molecule has 0 saturated heterocycles. The molecule has 17 heavy (non-hydrogen) atoms. The average molecular weight is 240 g/mol. The highest BCUT2D eigenvalue weighted by atomic mass is 16.3. The van der Waals surface area contributed by atoms with Gasteiger partial charge >= 0.3 is 0 Å². The highest BCUT2D eigenvalue weighted by Crippen LogP contribution is 2.04. The Morgan fingerprint density at radius 1 is 1.00 bits per heavy atom. The van der Waals surface area contributed by atoms with E-state index in [0.717, 1.165) is 38.5 Å². The number of hydrogen-bond donors (Lipinski definition) is 2. The standard InChI is InChI=1S/C15H28O2/c1-2-3-9-12-15(17)13-10-7-5-4-6-8-11-14-16/h5,7,10,13,15-17H,2-4,6,8-9,11-12,14H2,1H3/b7-5+,13-10+. The number of hydrogen-bond acceptors (Lipinski definition) is 2. The van der Waals surface area contributed by atoms with Crippen LogP contribution in [-0.2, 0) is 0 Å². The van der Waals surface area contributed by atoms with E-state index in [-0.39, 0.29) is 6.10 Å². The van der Waals surface area contributed by atoms with Crippen LogP contribution in [0.3, 0.4) is 0 Å². The minimum absolute atomic E-state index is 0.291. The van der Waals surface area contributed by atoms with E-state index in [2.05, 4.69) is 13.0 Å². The topological polar surface area (TPSA) is 40.5 Å². The van der Waals surface area contributed by atoms with E-state index in [1.807, 2.05) is 18.2 Å². The number of aliphatic hydroxyl groups is 2. The summed E-state index contributed by atoms with van der Waals surface area (Å²) >= 11 is 0. The van der Waals surface area contributed by atoms with Crippen molar-refractivity contribution in [1.82, 2.24) is 0 Å². The van der Waals surface area contributed by atoms with Gasteiger partial charge in [0.05, 0.1) is 6.10 Å². The van der Waals surface area contributed by atoms with Gasteiger partial charge in [-0.05, 0) is 25.7 Å². The third-order valence-corrected chi connectivity index (χ3v) is 2.71. The van der Waals surface area contributed by atoms with Gasteiger partial charge in [-0.3, -0.25) is 0 Å². The molecule has 2 nitrogen and oxygen atoms in total. The first-order valence-electron chi connectivity index (χ1n) is 6.93. The van der Waals surface area contributed by atoms with Crippen LogP contribution in [0.4, 0.5) is 0 Å². The second-order valence-electron chi connectivity index (χ2n) is 4.45. The first-order chi connectivity index (χ1) is 8.31. The fourth-order valence-electron chi connectivity index (χ4n) is 1.62. The molecule has 0 radical (unpaired) electrons. The van der Waals surface area contributed by atoms with Crippen LogP contribution in [0.15, 0.2) is 24.3 Å². The quantitative estimate of drug-likeness (QED) is 0.428. The van der Waals surface area contributed by atoms with Crippen molar-refractivity contribution in [2.75, 3.05) is 6.61 Å². The summed E-state index contributed by atoms with van der Waals surface area (Å²) in [6.07, 6.45) is 16.2. The Hall–Kier alpha value is -0.600. The molecule has 0 aromatic rings. The SMILES string of the molecule is CCCCCC(O)/C=C/C=C/CCCCCO. The van der Waals surface area contributed by atoms with Gasteiger partial charge in [0.25, 0.3) is 0 Å². The molecule has 0 bridgehead atoms. The maximum atomic E-state index is 9.60. The lowest BCUT2D eigenvalue weighted by Crippen LogP contribution is -2.00. The van der Waals surface area contributed by atoms with Crippen LogP contribution in [0.5, 0.6) is 0 Å². The maximum Gasteiger partial charge on any atom is 0.0723 e. The molecule has 0 heterocycles. The summed E-state index contributed by atoms with van der Waals surface area (Å²) in [4.78, 5) is 0. The van der Waals surface area contributed by atoms with Gasteiger partial charge in [0.2, 0.25) is 0 Å². The van der Waals surface area contributed by atoms with Crippen LogP contribution in [0.1, 0.15) is 58.3 Å². The lowest BCUT2D eigenvalue weighted by Gasteiger charge is -2.03. The Labute approximate surface area is 106 Å². The number of unbranched alkanes of at least 4 members (excludes halogenated alkanes) is 5. The largest absolute Gasteiger partial charge is 0.396 e. The van der Waals surface area contributed by atoms with E-state index in [4.69, 9.17) is 5.11 Å². The summed E-state index contributed by atoms with van der Waals surface area (Å²) in [6.45, 7) is 2.47. The minimum Gasteiger partial charge on any atom is -0.396 e. The first kappa shape index (κ1) is 16.4. The average Bonchev–Trinajstić information content (AvgIpc) is 2.33. The molecule has 100 valence electrons. The van der Waals surface area contributed by atoms with E-state index >= 15 is 0 Å². The molecule has 0 rings (SSSR count). The van der Waals surface area contributed by atoms with Gasteiger partial charge in [-0.15, -0.1) is 0 Å². The molecule has 2 N–H and O–H groups in total. The summed E-state index contributed by atoms with van der Waals surface area (Å²) in [7, 11) is 0. The van der Waals surface area contributed by atoms with Crippen LogP contribution in [-0.4, -0.2) is 22.9 Å². The lowest BCUT2D eigenvalue weighted by atomic mass is 10.1. The normalized spacial score (nSPS) is 13.8. The fraction of sp³-hybridized carbons (Fsp3) is 0.733. The monoisotopic (exact) mass is 240 g/mol. The molecule has 0 fully saturated rings. The van der Waals surface area contributed by atoms with E-state index in [1.165, 1.54) is 12.8 Å². The fourth-order valence-corrected chi connectivity index (χ4v) is 1.62. The lowest BCUT2D eigenvalue weighted by molar-refractivity contribution is 0.208. The van der Waals surface area contributed by atoms with Gasteiger partial charge in [0.1, 0.15) is 0 Å². The third kappa shape index (κ3) is 13.3. The third-order valence-electron chi connectivity index (χ3n) is 2.71. The van der Waals surface area contributed by atoms with Crippen molar-refractivity contribution in [2.45, 2.75) is 64.4 Å². The number of rotatable bonds is 11. The summed E-state index contributed by atoms with van der Waals surface area (Å²) in [6, 6.07) is 0. The highest BCUT2D eigenvalue weighted by molar-refractivity contribution is 5.04. The molecule has 1 atom stereocenters. The summed E-state index contributed by atoms with van der Waals surface area (Å²) in [5, 5.41) is 18.2. The van der Waals surface area contributed by atoms with Crippen molar-refractivity contribution >= 4 is 0 Å². The summed E-state index contributed by atoms with van der Waals surface area (Å²) < 4.78 is 0. The molecule has 0 spiro atoms. The van der Waals surface area contributed by atoms with Gasteiger partial charge in [-0.2, -0.15) is 0 Å². The molecule has 0 aliphatic rings. The van der Waals surface area contributed by atoms with Crippen LogP contribution in [0, 0.1) is 0 Å². The zero-order valence-corrected chi connectivity index (χ0v) is 11.1. The molecule has 1 unspecified atom stereocenters. The zero-order valence-electron chi connectivity index (χ0n) is 11.1. The Morgan fingerprint density at radius 3 is 2.53 bits per heavy atom. The van der Waals surface area contributed by atoms with Crippen molar-refractivity contribution < 1.29 is 10.2 Å². The molecule has 0 saturated carbocycles. The molecular formula is C15H28O2. The number of aliphatic hydroxyl groups excluding tert-OH is 2. The molecule has 0 aromatic carbocycles. The summed E-state index contributed by atoms with van der Waals surface area (Å²) in [5.41, 5.74) is 0. The van der Waals surface area contributed by atoms with Crippen LogP contribution in [0.25, 0.3) is 0 Å². The highest BCUT2D eigenvalue weighted by Gasteiger charge is 1.96. The summed E-state index contributed by atoms with van der Waals surface area (Å²) in [5.74, 6) is 0. The zero-order chi connectivity index (χ0) is 12.8. The van der Waals surface area contributed by atoms with Gasteiger partial charge in [-0.25, -0.2) is 0 Å². The van der Waals surface area contributed by atoms with Crippen molar-refractivity contribution in [2.24, 2.45) is 0 Å². The van der Waals surface area contributed by atoms with Gasteiger partial charge < -0.3 is 10.2 Å². The predicted molar refractivity (Wildman–Crippen MR) is 74.0 cm³/mol. The maximum absolute atomic E-state index is 9.60. The van der Waals surface area contributed by atoms with Crippen molar-refractivity contribution in [1.29, 1.82) is 0 Å². The van der Waals surface area contributed by atoms with Crippen LogP contribution in [0.2, 0.25) is 0 Å².